The van der Waals surface area contributed by atoms with Gasteiger partial charge < -0.3 is 10.1 Å². The summed E-state index contributed by atoms with van der Waals surface area (Å²) in [6.45, 7) is 6.65. The number of nitrogens with zero attached hydrogens (tertiary/aromatic N) is 1. The van der Waals surface area contributed by atoms with Crippen molar-refractivity contribution in [2.24, 2.45) is 5.92 Å². The monoisotopic (exact) mass is 250 g/mol. The second-order valence-corrected chi connectivity index (χ2v) is 5.34. The molecule has 0 saturated heterocycles. The number of nitrogens with one attached hydrogen (secondary N) is 1. The molecule has 0 amide bonds. The van der Waals surface area contributed by atoms with Crippen LogP contribution in [-0.4, -0.2) is 24.7 Å². The lowest BCUT2D eigenvalue weighted by molar-refractivity contribution is 0.118. The highest BCUT2D eigenvalue weighted by Crippen LogP contribution is 2.25. The Bertz CT molecular complexity index is 467. The zero-order chi connectivity index (χ0) is 12.1. The van der Waals surface area contributed by atoms with Crippen molar-refractivity contribution in [3.8, 4) is 0 Å². The number of hydrogen-bond acceptors (Lipinski definition) is 4. The van der Waals surface area contributed by atoms with Gasteiger partial charge in [-0.3, -0.25) is 0 Å². The van der Waals surface area contributed by atoms with Crippen molar-refractivity contribution in [3.05, 3.63) is 23.7 Å². The molecule has 0 atom stereocenters. The Morgan fingerprint density at radius 1 is 1.41 bits per heavy atom. The molecule has 0 aromatic carbocycles. The SMILES string of the molecule is CC(C)COCCNc1nccc2sccc12. The minimum absolute atomic E-state index is 0.591. The average molecular weight is 250 g/mol. The highest BCUT2D eigenvalue weighted by atomic mass is 32.1. The van der Waals surface area contributed by atoms with Crippen molar-refractivity contribution >= 4 is 27.2 Å². The summed E-state index contributed by atoms with van der Waals surface area (Å²) in [7, 11) is 0. The average Bonchev–Trinajstić information content (AvgIpc) is 2.77. The summed E-state index contributed by atoms with van der Waals surface area (Å²) in [5.41, 5.74) is 0. The van der Waals surface area contributed by atoms with E-state index in [0.29, 0.717) is 5.92 Å². The molecule has 3 nitrogen and oxygen atoms in total. The van der Waals surface area contributed by atoms with Gasteiger partial charge in [0.25, 0.3) is 0 Å². The molecule has 0 unspecified atom stereocenters. The van der Waals surface area contributed by atoms with E-state index < -0.39 is 0 Å². The number of aromatic nitrogens is 1. The van der Waals surface area contributed by atoms with E-state index in [1.807, 2.05) is 12.3 Å². The van der Waals surface area contributed by atoms with Crippen LogP contribution in [0.25, 0.3) is 10.1 Å². The van der Waals surface area contributed by atoms with Crippen molar-refractivity contribution in [1.82, 2.24) is 4.98 Å². The molecule has 0 bridgehead atoms. The van der Waals surface area contributed by atoms with Crippen molar-refractivity contribution < 1.29 is 4.74 Å². The van der Waals surface area contributed by atoms with E-state index in [0.717, 1.165) is 25.6 Å². The number of thiophene rings is 1. The molecule has 2 heterocycles. The van der Waals surface area contributed by atoms with Gasteiger partial charge in [0, 0.05) is 29.4 Å². The van der Waals surface area contributed by atoms with Gasteiger partial charge in [0.1, 0.15) is 5.82 Å². The fraction of sp³-hybridized carbons (Fsp3) is 0.462. The molecule has 0 radical (unpaired) electrons. The molecule has 0 aliphatic carbocycles. The van der Waals surface area contributed by atoms with Gasteiger partial charge in [-0.1, -0.05) is 13.8 Å². The van der Waals surface area contributed by atoms with Crippen LogP contribution in [0.1, 0.15) is 13.8 Å². The van der Waals surface area contributed by atoms with E-state index >= 15 is 0 Å². The summed E-state index contributed by atoms with van der Waals surface area (Å²) >= 11 is 1.74. The first-order valence-electron chi connectivity index (χ1n) is 5.91. The second kappa shape index (κ2) is 5.98. The topological polar surface area (TPSA) is 34.1 Å². The molecule has 1 N–H and O–H groups in total. The third-order valence-electron chi connectivity index (χ3n) is 2.37. The van der Waals surface area contributed by atoms with Crippen LogP contribution in [0.15, 0.2) is 23.7 Å². The van der Waals surface area contributed by atoms with Crippen LogP contribution in [-0.2, 0) is 4.74 Å². The standard InChI is InChI=1S/C13H18N2OS/c1-10(2)9-16-7-6-15-13-11-4-8-17-12(11)3-5-14-13/h3-5,8,10H,6-7,9H2,1-2H3,(H,14,15). The zero-order valence-electron chi connectivity index (χ0n) is 10.3. The van der Waals surface area contributed by atoms with Crippen LogP contribution in [0.3, 0.4) is 0 Å². The molecule has 92 valence electrons. The molecular formula is C13H18N2OS. The molecule has 2 rings (SSSR count). The first-order chi connectivity index (χ1) is 8.27. The Morgan fingerprint density at radius 3 is 3.12 bits per heavy atom. The second-order valence-electron chi connectivity index (χ2n) is 4.39. The first kappa shape index (κ1) is 12.3. The maximum atomic E-state index is 5.52. The summed E-state index contributed by atoms with van der Waals surface area (Å²) in [4.78, 5) is 4.35. The minimum Gasteiger partial charge on any atom is -0.379 e. The molecule has 0 saturated carbocycles. The van der Waals surface area contributed by atoms with Crippen molar-refractivity contribution in [3.63, 3.8) is 0 Å². The Kier molecular flexibility index (Phi) is 4.34. The van der Waals surface area contributed by atoms with Crippen molar-refractivity contribution in [2.45, 2.75) is 13.8 Å². The smallest absolute Gasteiger partial charge is 0.134 e. The number of anilines is 1. The normalized spacial score (nSPS) is 11.2. The fourth-order valence-electron chi connectivity index (χ4n) is 1.60. The van der Waals surface area contributed by atoms with Gasteiger partial charge in [-0.15, -0.1) is 11.3 Å². The van der Waals surface area contributed by atoms with Gasteiger partial charge in [-0.2, -0.15) is 0 Å². The lowest BCUT2D eigenvalue weighted by Crippen LogP contribution is -2.12. The third kappa shape index (κ3) is 3.41. The lowest BCUT2D eigenvalue weighted by Gasteiger charge is -2.09. The molecule has 17 heavy (non-hydrogen) atoms. The van der Waals surface area contributed by atoms with Crippen LogP contribution in [0.4, 0.5) is 5.82 Å². The van der Waals surface area contributed by atoms with E-state index in [1.165, 1.54) is 10.1 Å². The predicted octanol–water partition coefficient (Wildman–Crippen LogP) is 3.38. The summed E-state index contributed by atoms with van der Waals surface area (Å²) < 4.78 is 6.79. The number of fused-ring (bicyclic) bond motifs is 1. The largest absolute Gasteiger partial charge is 0.379 e. The van der Waals surface area contributed by atoms with E-state index in [1.54, 1.807) is 11.3 Å². The maximum absolute atomic E-state index is 5.52. The van der Waals surface area contributed by atoms with E-state index in [9.17, 15) is 0 Å². The van der Waals surface area contributed by atoms with E-state index in [-0.39, 0.29) is 0 Å². The highest BCUT2D eigenvalue weighted by molar-refractivity contribution is 7.17. The molecular weight excluding hydrogens is 232 g/mol. The molecule has 0 aliphatic rings. The van der Waals surface area contributed by atoms with E-state index in [2.05, 4.69) is 35.6 Å². The summed E-state index contributed by atoms with van der Waals surface area (Å²) in [6.07, 6.45) is 1.84. The van der Waals surface area contributed by atoms with Crippen molar-refractivity contribution in [1.29, 1.82) is 0 Å². The summed E-state index contributed by atoms with van der Waals surface area (Å²) in [5.74, 6) is 1.55. The van der Waals surface area contributed by atoms with Crippen LogP contribution in [0, 0.1) is 5.92 Å². The highest BCUT2D eigenvalue weighted by Gasteiger charge is 2.02. The zero-order valence-corrected chi connectivity index (χ0v) is 11.1. The van der Waals surface area contributed by atoms with E-state index in [4.69, 9.17) is 4.74 Å². The molecule has 0 aliphatic heterocycles. The summed E-state index contributed by atoms with van der Waals surface area (Å²) in [5, 5.41) is 6.60. The van der Waals surface area contributed by atoms with Gasteiger partial charge in [-0.25, -0.2) is 4.98 Å². The number of rotatable bonds is 6. The van der Waals surface area contributed by atoms with Crippen LogP contribution < -0.4 is 5.32 Å². The Morgan fingerprint density at radius 2 is 2.29 bits per heavy atom. The molecule has 4 heteroatoms. The molecule has 2 aromatic rings. The van der Waals surface area contributed by atoms with Gasteiger partial charge in [0.05, 0.1) is 6.61 Å². The minimum atomic E-state index is 0.591. The lowest BCUT2D eigenvalue weighted by atomic mass is 10.2. The van der Waals surface area contributed by atoms with Gasteiger partial charge in [-0.05, 0) is 23.4 Å². The molecule has 0 spiro atoms. The van der Waals surface area contributed by atoms with Crippen LogP contribution >= 0.6 is 11.3 Å². The Balaban J connectivity index is 1.84. The van der Waals surface area contributed by atoms with Gasteiger partial charge in [0.2, 0.25) is 0 Å². The molecule has 0 fully saturated rings. The van der Waals surface area contributed by atoms with Crippen LogP contribution in [0.5, 0.6) is 0 Å². The summed E-state index contributed by atoms with van der Waals surface area (Å²) in [6, 6.07) is 4.14. The van der Waals surface area contributed by atoms with Crippen LogP contribution in [0.2, 0.25) is 0 Å². The maximum Gasteiger partial charge on any atom is 0.134 e. The first-order valence-corrected chi connectivity index (χ1v) is 6.79. The molecule has 2 aromatic heterocycles. The van der Waals surface area contributed by atoms with Gasteiger partial charge in [0.15, 0.2) is 0 Å². The van der Waals surface area contributed by atoms with Crippen molar-refractivity contribution in [2.75, 3.05) is 25.1 Å². The number of hydrogen-bond donors (Lipinski definition) is 1. The Labute approximate surface area is 106 Å². The quantitative estimate of drug-likeness (QED) is 0.798. The fourth-order valence-corrected chi connectivity index (χ4v) is 2.38. The number of ether oxygens (including phenoxy) is 1. The predicted molar refractivity (Wildman–Crippen MR) is 73.8 cm³/mol. The van der Waals surface area contributed by atoms with Gasteiger partial charge >= 0.3 is 0 Å². The third-order valence-corrected chi connectivity index (χ3v) is 3.25. The Hall–Kier alpha value is -1.13. The number of pyridine rings is 1.